The van der Waals surface area contributed by atoms with Gasteiger partial charge in [-0.1, -0.05) is 60.7 Å². The van der Waals surface area contributed by atoms with Crippen LogP contribution in [0.1, 0.15) is 5.56 Å². The third-order valence-corrected chi connectivity index (χ3v) is 4.06. The Morgan fingerprint density at radius 1 is 0.739 bits per heavy atom. The second-order valence-electron chi connectivity index (χ2n) is 5.64. The monoisotopic (exact) mass is 297 g/mol. The fourth-order valence-corrected chi connectivity index (χ4v) is 2.91. The largest absolute Gasteiger partial charge is 0.252 e. The van der Waals surface area contributed by atoms with Crippen molar-refractivity contribution in [3.8, 4) is 22.4 Å². The van der Waals surface area contributed by atoms with Crippen LogP contribution in [0.4, 0.5) is 0 Å². The first-order valence-electron chi connectivity index (χ1n) is 7.77. The van der Waals surface area contributed by atoms with Gasteiger partial charge < -0.3 is 0 Å². The average molecular weight is 297 g/mol. The minimum atomic E-state index is 0.841. The lowest BCUT2D eigenvalue weighted by Crippen LogP contribution is -2.36. The summed E-state index contributed by atoms with van der Waals surface area (Å²) in [5.74, 6) is 0. The molecule has 0 N–H and O–H groups in total. The van der Waals surface area contributed by atoms with E-state index in [0.717, 1.165) is 12.2 Å². The molecule has 110 valence electrons. The summed E-state index contributed by atoms with van der Waals surface area (Å²) >= 11 is 0. The molecular weight excluding hydrogens is 280 g/mol. The zero-order valence-corrected chi connectivity index (χ0v) is 12.8. The van der Waals surface area contributed by atoms with E-state index in [1.54, 1.807) is 0 Å². The number of fused-ring (bicyclic) bond motifs is 1. The molecule has 0 fully saturated rings. The Balaban J connectivity index is 1.78. The van der Waals surface area contributed by atoms with Crippen LogP contribution in [-0.2, 0) is 6.54 Å². The molecule has 0 amide bonds. The van der Waals surface area contributed by atoms with Gasteiger partial charge in [0.05, 0.1) is 12.4 Å². The van der Waals surface area contributed by atoms with Crippen molar-refractivity contribution in [2.45, 2.75) is 6.54 Å². The van der Waals surface area contributed by atoms with E-state index >= 15 is 0 Å². The fraction of sp³-hybridized carbons (Fsp3) is 0.0476. The second kappa shape index (κ2) is 6.01. The van der Waals surface area contributed by atoms with E-state index in [1.807, 2.05) is 24.7 Å². The molecule has 1 heterocycles. The Labute approximate surface area is 136 Å². The van der Waals surface area contributed by atoms with Crippen LogP contribution >= 0.6 is 0 Å². The molecule has 23 heavy (non-hydrogen) atoms. The predicted molar refractivity (Wildman–Crippen MR) is 92.0 cm³/mol. The molecule has 1 aromatic carbocycles. The van der Waals surface area contributed by atoms with Crippen LogP contribution in [0, 0.1) is 0 Å². The SMILES string of the molecule is c1ccc(C[n+]2ccncc2-c2cc3cccccc-3c2)cc1. The highest BCUT2D eigenvalue weighted by molar-refractivity contribution is 5.77. The minimum absolute atomic E-state index is 0.841. The Morgan fingerprint density at radius 2 is 1.39 bits per heavy atom. The molecule has 4 rings (SSSR count). The molecule has 2 aliphatic carbocycles. The van der Waals surface area contributed by atoms with E-state index in [1.165, 1.54) is 22.3 Å². The van der Waals surface area contributed by atoms with Gasteiger partial charge in [0, 0.05) is 11.1 Å². The Morgan fingerprint density at radius 3 is 2.09 bits per heavy atom. The van der Waals surface area contributed by atoms with Gasteiger partial charge in [-0.15, -0.1) is 0 Å². The van der Waals surface area contributed by atoms with Gasteiger partial charge in [0.2, 0.25) is 5.69 Å². The van der Waals surface area contributed by atoms with Gasteiger partial charge in [0.15, 0.2) is 12.7 Å². The van der Waals surface area contributed by atoms with E-state index < -0.39 is 0 Å². The van der Waals surface area contributed by atoms with E-state index in [-0.39, 0.29) is 0 Å². The highest BCUT2D eigenvalue weighted by atomic mass is 15.0. The summed E-state index contributed by atoms with van der Waals surface area (Å²) in [5, 5.41) is 0. The van der Waals surface area contributed by atoms with Crippen LogP contribution in [-0.4, -0.2) is 4.98 Å². The molecule has 0 spiro atoms. The molecule has 0 atom stereocenters. The lowest BCUT2D eigenvalue weighted by atomic mass is 10.2. The van der Waals surface area contributed by atoms with E-state index in [4.69, 9.17) is 0 Å². The third kappa shape index (κ3) is 2.84. The Kier molecular flexibility index (Phi) is 3.57. The number of benzene rings is 1. The normalized spacial score (nSPS) is 10.8. The molecule has 0 aliphatic heterocycles. The number of hydrogen-bond acceptors (Lipinski definition) is 1. The maximum atomic E-state index is 4.33. The molecule has 2 aromatic rings. The van der Waals surface area contributed by atoms with Gasteiger partial charge >= 0.3 is 0 Å². The lowest BCUT2D eigenvalue weighted by molar-refractivity contribution is -0.678. The van der Waals surface area contributed by atoms with Crippen LogP contribution in [0.25, 0.3) is 22.4 Å². The summed E-state index contributed by atoms with van der Waals surface area (Å²) < 4.78 is 2.25. The van der Waals surface area contributed by atoms with Gasteiger partial charge in [-0.3, -0.25) is 4.98 Å². The lowest BCUT2D eigenvalue weighted by Gasteiger charge is -2.02. The summed E-state index contributed by atoms with van der Waals surface area (Å²) in [6, 6.07) is 25.5. The van der Waals surface area contributed by atoms with Crippen LogP contribution < -0.4 is 4.57 Å². The van der Waals surface area contributed by atoms with Crippen molar-refractivity contribution in [2.75, 3.05) is 0 Å². The van der Waals surface area contributed by atoms with E-state index in [9.17, 15) is 0 Å². The van der Waals surface area contributed by atoms with Gasteiger partial charge in [-0.25, -0.2) is 0 Å². The Bertz CT molecular complexity index is 869. The first kappa shape index (κ1) is 13.6. The van der Waals surface area contributed by atoms with Crippen LogP contribution in [0.5, 0.6) is 0 Å². The number of hydrogen-bond donors (Lipinski definition) is 0. The summed E-state index contributed by atoms with van der Waals surface area (Å²) in [4.78, 5) is 4.33. The van der Waals surface area contributed by atoms with Gasteiger partial charge in [-0.05, 0) is 23.3 Å². The topological polar surface area (TPSA) is 16.8 Å². The van der Waals surface area contributed by atoms with Crippen molar-refractivity contribution >= 4 is 0 Å². The fourth-order valence-electron chi connectivity index (χ4n) is 2.91. The summed E-state index contributed by atoms with van der Waals surface area (Å²) in [7, 11) is 0. The molecule has 0 saturated heterocycles. The summed E-state index contributed by atoms with van der Waals surface area (Å²) in [6.07, 6.45) is 5.83. The zero-order valence-electron chi connectivity index (χ0n) is 12.8. The average Bonchev–Trinajstić information content (AvgIpc) is 2.87. The molecule has 2 heteroatoms. The van der Waals surface area contributed by atoms with Crippen molar-refractivity contribution in [2.24, 2.45) is 0 Å². The van der Waals surface area contributed by atoms with Crippen LogP contribution in [0.3, 0.4) is 0 Å². The Hall–Kier alpha value is -3.00. The molecule has 2 aliphatic rings. The summed E-state index contributed by atoms with van der Waals surface area (Å²) in [6.45, 7) is 0.841. The highest BCUT2D eigenvalue weighted by Crippen LogP contribution is 2.29. The van der Waals surface area contributed by atoms with Crippen molar-refractivity contribution in [1.29, 1.82) is 0 Å². The predicted octanol–water partition coefficient (Wildman–Crippen LogP) is 4.19. The number of nitrogens with zero attached hydrogens (tertiary/aromatic N) is 2. The maximum Gasteiger partial charge on any atom is 0.231 e. The molecule has 0 bridgehead atoms. The number of aromatic nitrogens is 2. The highest BCUT2D eigenvalue weighted by Gasteiger charge is 2.16. The van der Waals surface area contributed by atoms with E-state index in [2.05, 4.69) is 76.3 Å². The molecule has 0 unspecified atom stereocenters. The van der Waals surface area contributed by atoms with Gasteiger partial charge in [0.25, 0.3) is 0 Å². The van der Waals surface area contributed by atoms with Crippen molar-refractivity contribution in [3.05, 3.63) is 97.0 Å². The molecule has 0 radical (unpaired) electrons. The minimum Gasteiger partial charge on any atom is -0.252 e. The summed E-state index contributed by atoms with van der Waals surface area (Å²) in [5.41, 5.74) is 6.12. The quantitative estimate of drug-likeness (QED) is 0.518. The first-order valence-corrected chi connectivity index (χ1v) is 7.77. The molecule has 0 saturated carbocycles. The van der Waals surface area contributed by atoms with Crippen molar-refractivity contribution in [3.63, 3.8) is 0 Å². The van der Waals surface area contributed by atoms with Gasteiger partial charge in [0.1, 0.15) is 0 Å². The van der Waals surface area contributed by atoms with Gasteiger partial charge in [-0.2, -0.15) is 4.57 Å². The standard InChI is InChI=1S/C21H17N2/c1-3-7-17(8-4-1)16-23-12-11-22-15-21(23)20-13-18-9-5-2-6-10-19(18)14-20/h1-15H,16H2/q+1. The molecule has 1 aromatic heterocycles. The zero-order chi connectivity index (χ0) is 15.5. The van der Waals surface area contributed by atoms with Crippen LogP contribution in [0.15, 0.2) is 91.4 Å². The molecule has 2 nitrogen and oxygen atoms in total. The molecular formula is C21H17N2+. The van der Waals surface area contributed by atoms with Crippen molar-refractivity contribution < 1.29 is 4.57 Å². The number of rotatable bonds is 3. The smallest absolute Gasteiger partial charge is 0.231 e. The first-order chi connectivity index (χ1) is 11.4. The van der Waals surface area contributed by atoms with Crippen LogP contribution in [0.2, 0.25) is 0 Å². The maximum absolute atomic E-state index is 4.33. The second-order valence-corrected chi connectivity index (χ2v) is 5.64. The van der Waals surface area contributed by atoms with Crippen molar-refractivity contribution in [1.82, 2.24) is 4.98 Å². The third-order valence-electron chi connectivity index (χ3n) is 4.06. The van der Waals surface area contributed by atoms with E-state index in [0.29, 0.717) is 0 Å².